The molecule has 0 spiro atoms. The lowest BCUT2D eigenvalue weighted by molar-refractivity contribution is 0.470. The van der Waals surface area contributed by atoms with E-state index in [9.17, 15) is 8.42 Å². The predicted molar refractivity (Wildman–Crippen MR) is 82.3 cm³/mol. The Bertz CT molecular complexity index is 686. The van der Waals surface area contributed by atoms with Gasteiger partial charge in [-0.2, -0.15) is 0 Å². The summed E-state index contributed by atoms with van der Waals surface area (Å²) in [5.41, 5.74) is 0.974. The molecule has 8 heteroatoms. The third-order valence-corrected chi connectivity index (χ3v) is 5.09. The Morgan fingerprint density at radius 3 is 2.90 bits per heavy atom. The number of hydrogen-bond donors (Lipinski definition) is 2. The van der Waals surface area contributed by atoms with E-state index >= 15 is 0 Å². The lowest BCUT2D eigenvalue weighted by Gasteiger charge is -2.05. The summed E-state index contributed by atoms with van der Waals surface area (Å²) < 4.78 is 32.5. The Kier molecular flexibility index (Phi) is 5.51. The van der Waals surface area contributed by atoms with Crippen molar-refractivity contribution in [1.29, 1.82) is 0 Å². The number of furan rings is 1. The SMILES string of the molecule is CNCc1cc(S(=O)(=O)NCCc2cccnc2)c(Br)o1. The van der Waals surface area contributed by atoms with Crippen LogP contribution in [0.5, 0.6) is 0 Å². The largest absolute Gasteiger partial charge is 0.452 e. The van der Waals surface area contributed by atoms with Crippen LogP contribution in [0, 0.1) is 0 Å². The highest BCUT2D eigenvalue weighted by Crippen LogP contribution is 2.25. The number of nitrogens with zero attached hydrogens (tertiary/aromatic N) is 1. The van der Waals surface area contributed by atoms with Gasteiger partial charge in [-0.05, 0) is 41.0 Å². The second-order valence-electron chi connectivity index (χ2n) is 4.39. The van der Waals surface area contributed by atoms with Crippen molar-refractivity contribution in [3.63, 3.8) is 0 Å². The van der Waals surface area contributed by atoms with Gasteiger partial charge in [0.2, 0.25) is 10.0 Å². The molecule has 0 amide bonds. The lowest BCUT2D eigenvalue weighted by atomic mass is 10.2. The Balaban J connectivity index is 2.01. The van der Waals surface area contributed by atoms with Crippen LogP contribution >= 0.6 is 15.9 Å². The van der Waals surface area contributed by atoms with Gasteiger partial charge in [0, 0.05) is 25.0 Å². The molecule has 0 radical (unpaired) electrons. The molecule has 0 atom stereocenters. The monoisotopic (exact) mass is 373 g/mol. The van der Waals surface area contributed by atoms with Gasteiger partial charge < -0.3 is 9.73 Å². The Hall–Kier alpha value is -1.22. The maximum atomic E-state index is 12.2. The lowest BCUT2D eigenvalue weighted by Crippen LogP contribution is -2.26. The van der Waals surface area contributed by atoms with Gasteiger partial charge >= 0.3 is 0 Å². The molecule has 0 aliphatic rings. The van der Waals surface area contributed by atoms with Crippen molar-refractivity contribution in [2.75, 3.05) is 13.6 Å². The summed E-state index contributed by atoms with van der Waals surface area (Å²) in [6.07, 6.45) is 3.97. The van der Waals surface area contributed by atoms with E-state index in [0.29, 0.717) is 25.3 Å². The third-order valence-electron chi connectivity index (χ3n) is 2.78. The van der Waals surface area contributed by atoms with Crippen molar-refractivity contribution in [3.8, 4) is 0 Å². The normalized spacial score (nSPS) is 11.7. The predicted octanol–water partition coefficient (Wildman–Crippen LogP) is 1.68. The molecule has 0 saturated heterocycles. The van der Waals surface area contributed by atoms with Gasteiger partial charge in [-0.3, -0.25) is 4.98 Å². The summed E-state index contributed by atoms with van der Waals surface area (Å²) >= 11 is 3.14. The second kappa shape index (κ2) is 7.17. The molecule has 0 aliphatic heterocycles. The first-order valence-corrected chi connectivity index (χ1v) is 8.62. The van der Waals surface area contributed by atoms with Crippen LogP contribution in [0.15, 0.2) is 44.6 Å². The molecular formula is C13H16BrN3O3S. The van der Waals surface area contributed by atoms with E-state index < -0.39 is 10.0 Å². The summed E-state index contributed by atoms with van der Waals surface area (Å²) in [5.74, 6) is 0.553. The second-order valence-corrected chi connectivity index (χ2v) is 6.85. The molecule has 2 N–H and O–H groups in total. The third kappa shape index (κ3) is 4.37. The zero-order chi connectivity index (χ0) is 15.3. The van der Waals surface area contributed by atoms with E-state index in [1.54, 1.807) is 19.4 Å². The van der Waals surface area contributed by atoms with Crippen molar-refractivity contribution in [2.45, 2.75) is 17.9 Å². The first-order valence-electron chi connectivity index (χ1n) is 6.34. The molecule has 2 heterocycles. The quantitative estimate of drug-likeness (QED) is 0.771. The van der Waals surface area contributed by atoms with E-state index in [1.807, 2.05) is 12.1 Å². The highest BCUT2D eigenvalue weighted by Gasteiger charge is 2.21. The smallest absolute Gasteiger partial charge is 0.244 e. The van der Waals surface area contributed by atoms with Crippen molar-refractivity contribution in [2.24, 2.45) is 0 Å². The van der Waals surface area contributed by atoms with Crippen LogP contribution in [0.1, 0.15) is 11.3 Å². The van der Waals surface area contributed by atoms with Gasteiger partial charge in [-0.1, -0.05) is 6.07 Å². The molecule has 2 rings (SSSR count). The number of sulfonamides is 1. The minimum absolute atomic E-state index is 0.110. The zero-order valence-electron chi connectivity index (χ0n) is 11.5. The van der Waals surface area contributed by atoms with Crippen LogP contribution in [-0.2, 0) is 23.0 Å². The summed E-state index contributed by atoms with van der Waals surface area (Å²) in [6.45, 7) is 0.761. The van der Waals surface area contributed by atoms with Crippen molar-refractivity contribution in [1.82, 2.24) is 15.0 Å². The van der Waals surface area contributed by atoms with E-state index in [1.165, 1.54) is 6.07 Å². The van der Waals surface area contributed by atoms with E-state index in [4.69, 9.17) is 4.42 Å². The topological polar surface area (TPSA) is 84.2 Å². The van der Waals surface area contributed by atoms with Crippen molar-refractivity contribution in [3.05, 3.63) is 46.6 Å². The molecular weight excluding hydrogens is 358 g/mol. The Morgan fingerprint density at radius 1 is 1.43 bits per heavy atom. The summed E-state index contributed by atoms with van der Waals surface area (Å²) in [6, 6.07) is 5.23. The fourth-order valence-corrected chi connectivity index (χ4v) is 3.82. The molecule has 21 heavy (non-hydrogen) atoms. The maximum absolute atomic E-state index is 12.2. The van der Waals surface area contributed by atoms with Crippen LogP contribution < -0.4 is 10.0 Å². The highest BCUT2D eigenvalue weighted by molar-refractivity contribution is 9.10. The number of nitrogens with one attached hydrogen (secondary N) is 2. The fraction of sp³-hybridized carbons (Fsp3) is 0.308. The van der Waals surface area contributed by atoms with Gasteiger partial charge in [0.05, 0.1) is 6.54 Å². The van der Waals surface area contributed by atoms with Crippen LogP contribution in [0.3, 0.4) is 0 Å². The van der Waals surface area contributed by atoms with Gasteiger partial charge in [0.1, 0.15) is 10.7 Å². The number of hydrogen-bond acceptors (Lipinski definition) is 5. The molecule has 0 saturated carbocycles. The average molecular weight is 374 g/mol. The first kappa shape index (κ1) is 16.2. The zero-order valence-corrected chi connectivity index (χ0v) is 13.9. The summed E-state index contributed by atoms with van der Waals surface area (Å²) in [4.78, 5) is 4.10. The maximum Gasteiger partial charge on any atom is 0.244 e. The molecule has 0 bridgehead atoms. The fourth-order valence-electron chi connectivity index (χ4n) is 1.80. The first-order chi connectivity index (χ1) is 10.0. The van der Waals surface area contributed by atoms with Crippen LogP contribution in [0.25, 0.3) is 0 Å². The van der Waals surface area contributed by atoms with Gasteiger partial charge in [0.25, 0.3) is 0 Å². The Morgan fingerprint density at radius 2 is 2.24 bits per heavy atom. The molecule has 0 aromatic carbocycles. The summed E-state index contributed by atoms with van der Waals surface area (Å²) in [7, 11) is -1.84. The number of rotatable bonds is 7. The molecule has 0 fully saturated rings. The van der Waals surface area contributed by atoms with Gasteiger partial charge in [-0.25, -0.2) is 13.1 Å². The highest BCUT2D eigenvalue weighted by atomic mass is 79.9. The van der Waals surface area contributed by atoms with Gasteiger partial charge in [0.15, 0.2) is 4.67 Å². The molecule has 0 aliphatic carbocycles. The molecule has 0 unspecified atom stereocenters. The Labute approximate surface area is 132 Å². The summed E-state index contributed by atoms with van der Waals surface area (Å²) in [5, 5.41) is 2.90. The number of pyridine rings is 1. The number of halogens is 1. The van der Waals surface area contributed by atoms with Gasteiger partial charge in [-0.15, -0.1) is 0 Å². The van der Waals surface area contributed by atoms with E-state index in [2.05, 4.69) is 31.0 Å². The number of aromatic nitrogens is 1. The van der Waals surface area contributed by atoms with E-state index in [0.717, 1.165) is 5.56 Å². The average Bonchev–Trinajstić information content (AvgIpc) is 2.82. The molecule has 2 aromatic heterocycles. The van der Waals surface area contributed by atoms with Crippen LogP contribution in [0.4, 0.5) is 0 Å². The van der Waals surface area contributed by atoms with Crippen molar-refractivity contribution >= 4 is 26.0 Å². The minimum Gasteiger partial charge on any atom is -0.452 e. The molecule has 2 aromatic rings. The molecule has 114 valence electrons. The van der Waals surface area contributed by atoms with Crippen molar-refractivity contribution < 1.29 is 12.8 Å². The minimum atomic E-state index is -3.60. The standard InChI is InChI=1S/C13H16BrN3O3S/c1-15-9-11-7-12(13(14)20-11)21(18,19)17-6-4-10-3-2-5-16-8-10/h2-3,5,7-8,15,17H,4,6,9H2,1H3. The van der Waals surface area contributed by atoms with Crippen LogP contribution in [-0.4, -0.2) is 27.0 Å². The van der Waals surface area contributed by atoms with Crippen LogP contribution in [0.2, 0.25) is 0 Å². The molecule has 6 nitrogen and oxygen atoms in total. The van der Waals surface area contributed by atoms with E-state index in [-0.39, 0.29) is 9.56 Å².